The first kappa shape index (κ1) is 16.9. The first-order valence-corrected chi connectivity index (χ1v) is 8.44. The molecule has 0 radical (unpaired) electrons. The summed E-state index contributed by atoms with van der Waals surface area (Å²) < 4.78 is 1.25. The highest BCUT2D eigenvalue weighted by atomic mass is 16.3. The molecule has 0 fully saturated rings. The normalized spacial score (nSPS) is 13.5. The fraction of sp³-hybridized carbons (Fsp3) is 0.158. The molecule has 1 aliphatic carbocycles. The highest BCUT2D eigenvalue weighted by Crippen LogP contribution is 2.44. The second kappa shape index (κ2) is 7.00. The molecule has 0 saturated carbocycles. The third kappa shape index (κ3) is 3.06. The van der Waals surface area contributed by atoms with Gasteiger partial charge in [-0.25, -0.2) is 4.68 Å². The predicted octanol–water partition coefficient (Wildman–Crippen LogP) is 0.638. The number of amides is 2. The third-order valence-electron chi connectivity index (χ3n) is 4.57. The Morgan fingerprint density at radius 2 is 1.56 bits per heavy atom. The standard InChI is InChI=1S/C19H17N5O3/c25-9-16(18(26)23-24-10-20-21-11-24)22-19(27)17-14-7-3-1-5-12(14)13-6-2-4-8-15(13)17/h1-8,10-11,16-17,25H,9H2,(H,22,27)(H,23,26). The number of benzene rings is 2. The number of aliphatic hydroxyl groups excluding tert-OH is 1. The first-order valence-electron chi connectivity index (χ1n) is 8.44. The second-order valence-electron chi connectivity index (χ2n) is 6.20. The Hall–Kier alpha value is -3.52. The Morgan fingerprint density at radius 3 is 2.11 bits per heavy atom. The lowest BCUT2D eigenvalue weighted by Gasteiger charge is -2.20. The van der Waals surface area contributed by atoms with Crippen LogP contribution >= 0.6 is 0 Å². The van der Waals surface area contributed by atoms with Crippen molar-refractivity contribution in [2.45, 2.75) is 12.0 Å². The molecule has 8 heteroatoms. The van der Waals surface area contributed by atoms with Crippen LogP contribution in [0, 0.1) is 0 Å². The molecule has 8 nitrogen and oxygen atoms in total. The number of fused-ring (bicyclic) bond motifs is 3. The molecule has 1 atom stereocenters. The van der Waals surface area contributed by atoms with E-state index in [0.717, 1.165) is 22.3 Å². The zero-order chi connectivity index (χ0) is 18.8. The molecular weight excluding hydrogens is 346 g/mol. The minimum absolute atomic E-state index is 0.342. The van der Waals surface area contributed by atoms with Crippen LogP contribution in [0.5, 0.6) is 0 Å². The quantitative estimate of drug-likeness (QED) is 0.616. The summed E-state index contributed by atoms with van der Waals surface area (Å²) >= 11 is 0. The van der Waals surface area contributed by atoms with E-state index in [0.29, 0.717) is 0 Å². The second-order valence-corrected chi connectivity index (χ2v) is 6.20. The molecule has 0 aliphatic heterocycles. The van der Waals surface area contributed by atoms with Crippen molar-refractivity contribution in [3.63, 3.8) is 0 Å². The van der Waals surface area contributed by atoms with Gasteiger partial charge in [0.25, 0.3) is 5.91 Å². The van der Waals surface area contributed by atoms with E-state index in [4.69, 9.17) is 0 Å². The molecule has 0 bridgehead atoms. The van der Waals surface area contributed by atoms with Crippen LogP contribution in [0.4, 0.5) is 0 Å². The monoisotopic (exact) mass is 363 g/mol. The van der Waals surface area contributed by atoms with Crippen molar-refractivity contribution in [1.29, 1.82) is 0 Å². The van der Waals surface area contributed by atoms with E-state index in [9.17, 15) is 14.7 Å². The Balaban J connectivity index is 1.58. The molecule has 1 heterocycles. The summed E-state index contributed by atoms with van der Waals surface area (Å²) in [4.78, 5) is 25.3. The van der Waals surface area contributed by atoms with Gasteiger partial charge < -0.3 is 10.4 Å². The van der Waals surface area contributed by atoms with Crippen molar-refractivity contribution in [3.8, 4) is 11.1 Å². The number of carbonyl (C=O) groups excluding carboxylic acids is 2. The van der Waals surface area contributed by atoms with E-state index in [1.165, 1.54) is 17.3 Å². The molecule has 27 heavy (non-hydrogen) atoms. The SMILES string of the molecule is O=C(Nn1cnnc1)C(CO)NC(=O)C1c2ccccc2-c2ccccc21. The summed E-state index contributed by atoms with van der Waals surface area (Å²) in [7, 11) is 0. The van der Waals surface area contributed by atoms with Crippen LogP contribution in [0.1, 0.15) is 17.0 Å². The molecule has 0 saturated heterocycles. The summed E-state index contributed by atoms with van der Waals surface area (Å²) in [5.41, 5.74) is 6.25. The van der Waals surface area contributed by atoms with Gasteiger partial charge >= 0.3 is 0 Å². The average Bonchev–Trinajstić information content (AvgIpc) is 3.31. The Bertz CT molecular complexity index is 941. The zero-order valence-electron chi connectivity index (χ0n) is 14.2. The van der Waals surface area contributed by atoms with E-state index in [1.807, 2.05) is 48.5 Å². The molecule has 1 unspecified atom stereocenters. The highest BCUT2D eigenvalue weighted by Gasteiger charge is 2.35. The van der Waals surface area contributed by atoms with Crippen molar-refractivity contribution in [1.82, 2.24) is 20.2 Å². The van der Waals surface area contributed by atoms with Crippen LogP contribution in [0.25, 0.3) is 11.1 Å². The maximum Gasteiger partial charge on any atom is 0.263 e. The fourth-order valence-corrected chi connectivity index (χ4v) is 3.35. The summed E-state index contributed by atoms with van der Waals surface area (Å²) in [6.07, 6.45) is 2.61. The minimum Gasteiger partial charge on any atom is -0.394 e. The predicted molar refractivity (Wildman–Crippen MR) is 97.1 cm³/mol. The van der Waals surface area contributed by atoms with Gasteiger partial charge in [-0.2, -0.15) is 0 Å². The van der Waals surface area contributed by atoms with Crippen molar-refractivity contribution in [2.75, 3.05) is 12.0 Å². The van der Waals surface area contributed by atoms with Crippen LogP contribution in [0.3, 0.4) is 0 Å². The van der Waals surface area contributed by atoms with Crippen molar-refractivity contribution in [2.24, 2.45) is 0 Å². The van der Waals surface area contributed by atoms with Gasteiger partial charge in [0.15, 0.2) is 0 Å². The van der Waals surface area contributed by atoms with Gasteiger partial charge in [0, 0.05) is 0 Å². The maximum absolute atomic E-state index is 13.0. The van der Waals surface area contributed by atoms with Crippen LogP contribution in [0.2, 0.25) is 0 Å². The van der Waals surface area contributed by atoms with Gasteiger partial charge in [-0.05, 0) is 22.3 Å². The lowest BCUT2D eigenvalue weighted by Crippen LogP contribution is -2.49. The number of nitrogens with one attached hydrogen (secondary N) is 2. The van der Waals surface area contributed by atoms with Crippen molar-refractivity contribution >= 4 is 11.8 Å². The lowest BCUT2D eigenvalue weighted by molar-refractivity contribution is -0.128. The van der Waals surface area contributed by atoms with E-state index in [-0.39, 0.29) is 5.91 Å². The molecular formula is C19H17N5O3. The third-order valence-corrected chi connectivity index (χ3v) is 4.57. The molecule has 0 spiro atoms. The van der Waals surface area contributed by atoms with E-state index >= 15 is 0 Å². The average molecular weight is 363 g/mol. The van der Waals surface area contributed by atoms with Crippen LogP contribution in [-0.2, 0) is 9.59 Å². The highest BCUT2D eigenvalue weighted by molar-refractivity contribution is 5.99. The topological polar surface area (TPSA) is 109 Å². The Labute approximate surface area is 154 Å². The summed E-state index contributed by atoms with van der Waals surface area (Å²) in [5, 5.41) is 19.4. The van der Waals surface area contributed by atoms with E-state index < -0.39 is 24.5 Å². The zero-order valence-corrected chi connectivity index (χ0v) is 14.2. The van der Waals surface area contributed by atoms with Gasteiger partial charge in [0.2, 0.25) is 5.91 Å². The lowest BCUT2D eigenvalue weighted by atomic mass is 9.95. The van der Waals surface area contributed by atoms with Gasteiger partial charge in [-0.1, -0.05) is 48.5 Å². The van der Waals surface area contributed by atoms with Gasteiger partial charge in [0.05, 0.1) is 12.5 Å². The van der Waals surface area contributed by atoms with E-state index in [2.05, 4.69) is 20.9 Å². The van der Waals surface area contributed by atoms with Crippen LogP contribution in [-0.4, -0.2) is 44.4 Å². The van der Waals surface area contributed by atoms with Crippen molar-refractivity contribution in [3.05, 3.63) is 72.3 Å². The minimum atomic E-state index is -1.10. The smallest absolute Gasteiger partial charge is 0.263 e. The van der Waals surface area contributed by atoms with Crippen LogP contribution < -0.4 is 10.7 Å². The molecule has 3 aromatic rings. The largest absolute Gasteiger partial charge is 0.394 e. The molecule has 2 amide bonds. The molecule has 1 aromatic heterocycles. The number of aromatic nitrogens is 3. The molecule has 4 rings (SSSR count). The summed E-state index contributed by atoms with van der Waals surface area (Å²) in [5.74, 6) is -1.44. The maximum atomic E-state index is 13.0. The number of rotatable bonds is 5. The van der Waals surface area contributed by atoms with Crippen LogP contribution in [0.15, 0.2) is 61.2 Å². The Kier molecular flexibility index (Phi) is 4.39. The molecule has 2 aromatic carbocycles. The number of hydrogen-bond donors (Lipinski definition) is 3. The number of hydrogen-bond acceptors (Lipinski definition) is 5. The first-order chi connectivity index (χ1) is 13.2. The summed E-state index contributed by atoms with van der Waals surface area (Å²) in [6.45, 7) is -0.532. The van der Waals surface area contributed by atoms with Gasteiger partial charge in [-0.15, -0.1) is 10.2 Å². The van der Waals surface area contributed by atoms with E-state index in [1.54, 1.807) is 0 Å². The molecule has 3 N–H and O–H groups in total. The number of aliphatic hydroxyl groups is 1. The fourth-order valence-electron chi connectivity index (χ4n) is 3.35. The van der Waals surface area contributed by atoms with Crippen molar-refractivity contribution < 1.29 is 14.7 Å². The number of nitrogens with zero attached hydrogens (tertiary/aromatic N) is 3. The molecule has 1 aliphatic rings. The molecule has 136 valence electrons. The van der Waals surface area contributed by atoms with Gasteiger partial charge in [0.1, 0.15) is 18.7 Å². The number of carbonyl (C=O) groups is 2. The van der Waals surface area contributed by atoms with Gasteiger partial charge in [-0.3, -0.25) is 15.0 Å². The Morgan fingerprint density at radius 1 is 1.00 bits per heavy atom. The summed E-state index contributed by atoms with van der Waals surface area (Å²) in [6, 6.07) is 14.3.